The minimum atomic E-state index is -2.40. The van der Waals surface area contributed by atoms with E-state index in [0.717, 1.165) is 25.1 Å². The van der Waals surface area contributed by atoms with E-state index < -0.39 is 6.43 Å². The first-order valence-electron chi connectivity index (χ1n) is 5.86. The Morgan fingerprint density at radius 3 is 2.65 bits per heavy atom. The average molecular weight is 241 g/mol. The molecule has 94 valence electrons. The zero-order valence-electron chi connectivity index (χ0n) is 9.83. The van der Waals surface area contributed by atoms with Crippen LogP contribution in [0.2, 0.25) is 0 Å². The lowest BCUT2D eigenvalue weighted by Gasteiger charge is -2.18. The van der Waals surface area contributed by atoms with Crippen LogP contribution in [0.15, 0.2) is 24.3 Å². The number of ether oxygens (including phenoxy) is 1. The summed E-state index contributed by atoms with van der Waals surface area (Å²) in [6, 6.07) is 6.47. The van der Waals surface area contributed by atoms with Crippen molar-refractivity contribution in [3.8, 4) is 0 Å². The summed E-state index contributed by atoms with van der Waals surface area (Å²) in [6.07, 6.45) is -1.35. The molecular weight excluding hydrogens is 224 g/mol. The van der Waals surface area contributed by atoms with Crippen LogP contribution in [0.4, 0.5) is 8.78 Å². The maximum absolute atomic E-state index is 12.4. The second-order valence-electron chi connectivity index (χ2n) is 4.37. The highest BCUT2D eigenvalue weighted by Gasteiger charge is 2.28. The summed E-state index contributed by atoms with van der Waals surface area (Å²) >= 11 is 0. The Labute approximate surface area is 100.0 Å². The van der Waals surface area contributed by atoms with E-state index in [2.05, 4.69) is 5.32 Å². The number of halogens is 2. The van der Waals surface area contributed by atoms with Gasteiger partial charge in [-0.3, -0.25) is 0 Å². The van der Waals surface area contributed by atoms with Crippen LogP contribution < -0.4 is 5.32 Å². The SMILES string of the molecule is CNCC1CCOC1c1ccc(C(F)F)cc1. The summed E-state index contributed by atoms with van der Waals surface area (Å²) in [5, 5.41) is 3.14. The smallest absolute Gasteiger partial charge is 0.263 e. The van der Waals surface area contributed by atoms with Crippen LogP contribution in [0.5, 0.6) is 0 Å². The molecule has 2 rings (SSSR count). The normalized spacial score (nSPS) is 24.5. The second kappa shape index (κ2) is 5.56. The van der Waals surface area contributed by atoms with Crippen LogP contribution in [0.25, 0.3) is 0 Å². The number of hydrogen-bond acceptors (Lipinski definition) is 2. The maximum atomic E-state index is 12.4. The quantitative estimate of drug-likeness (QED) is 0.875. The first-order valence-corrected chi connectivity index (χ1v) is 5.86. The van der Waals surface area contributed by atoms with Gasteiger partial charge >= 0.3 is 0 Å². The molecule has 2 unspecified atom stereocenters. The molecule has 0 bridgehead atoms. The van der Waals surface area contributed by atoms with Crippen molar-refractivity contribution in [3.05, 3.63) is 35.4 Å². The standard InChI is InChI=1S/C13H17F2NO/c1-16-8-11-6-7-17-12(11)9-2-4-10(5-3-9)13(14)15/h2-5,11-13,16H,6-8H2,1H3. The summed E-state index contributed by atoms with van der Waals surface area (Å²) in [7, 11) is 1.91. The van der Waals surface area contributed by atoms with Gasteiger partial charge < -0.3 is 10.1 Å². The van der Waals surface area contributed by atoms with Gasteiger partial charge in [0.1, 0.15) is 0 Å². The largest absolute Gasteiger partial charge is 0.373 e. The van der Waals surface area contributed by atoms with E-state index in [4.69, 9.17) is 4.74 Å². The molecule has 1 aromatic carbocycles. The Balaban J connectivity index is 2.10. The summed E-state index contributed by atoms with van der Waals surface area (Å²) < 4.78 is 30.5. The van der Waals surface area contributed by atoms with E-state index in [1.807, 2.05) is 7.05 Å². The molecule has 4 heteroatoms. The average Bonchev–Trinajstić information content (AvgIpc) is 2.78. The van der Waals surface area contributed by atoms with Gasteiger partial charge in [0.25, 0.3) is 6.43 Å². The lowest BCUT2D eigenvalue weighted by atomic mass is 9.95. The van der Waals surface area contributed by atoms with E-state index in [1.54, 1.807) is 12.1 Å². The Morgan fingerprint density at radius 2 is 2.06 bits per heavy atom. The topological polar surface area (TPSA) is 21.3 Å². The van der Waals surface area contributed by atoms with Crippen molar-refractivity contribution < 1.29 is 13.5 Å². The minimum Gasteiger partial charge on any atom is -0.373 e. The van der Waals surface area contributed by atoms with E-state index >= 15 is 0 Å². The van der Waals surface area contributed by atoms with Crippen molar-refractivity contribution in [2.75, 3.05) is 20.2 Å². The first kappa shape index (κ1) is 12.5. The number of benzene rings is 1. The predicted molar refractivity (Wildman–Crippen MR) is 62.1 cm³/mol. The molecule has 17 heavy (non-hydrogen) atoms. The molecule has 0 aliphatic carbocycles. The van der Waals surface area contributed by atoms with Gasteiger partial charge in [0.2, 0.25) is 0 Å². The second-order valence-corrected chi connectivity index (χ2v) is 4.37. The van der Waals surface area contributed by atoms with Gasteiger partial charge in [-0.15, -0.1) is 0 Å². The Hall–Kier alpha value is -1.00. The van der Waals surface area contributed by atoms with Crippen LogP contribution >= 0.6 is 0 Å². The molecule has 1 saturated heterocycles. The van der Waals surface area contributed by atoms with Gasteiger partial charge in [0.05, 0.1) is 6.10 Å². The van der Waals surface area contributed by atoms with Crippen LogP contribution in [-0.2, 0) is 4.74 Å². The fourth-order valence-electron chi connectivity index (χ4n) is 2.30. The van der Waals surface area contributed by atoms with E-state index in [9.17, 15) is 8.78 Å². The molecule has 0 radical (unpaired) electrons. The van der Waals surface area contributed by atoms with E-state index in [0.29, 0.717) is 5.92 Å². The summed E-state index contributed by atoms with van der Waals surface area (Å²) in [4.78, 5) is 0. The zero-order chi connectivity index (χ0) is 12.3. The third kappa shape index (κ3) is 2.82. The third-order valence-electron chi connectivity index (χ3n) is 3.20. The van der Waals surface area contributed by atoms with Gasteiger partial charge in [0, 0.05) is 24.6 Å². The number of hydrogen-bond donors (Lipinski definition) is 1. The molecule has 0 aromatic heterocycles. The molecule has 1 heterocycles. The maximum Gasteiger partial charge on any atom is 0.263 e. The Morgan fingerprint density at radius 1 is 1.35 bits per heavy atom. The van der Waals surface area contributed by atoms with Crippen molar-refractivity contribution in [1.29, 1.82) is 0 Å². The molecule has 1 aliphatic rings. The number of nitrogens with one attached hydrogen (secondary N) is 1. The van der Waals surface area contributed by atoms with Gasteiger partial charge in [0.15, 0.2) is 0 Å². The van der Waals surface area contributed by atoms with Crippen LogP contribution in [0.3, 0.4) is 0 Å². The van der Waals surface area contributed by atoms with E-state index in [-0.39, 0.29) is 11.7 Å². The third-order valence-corrected chi connectivity index (χ3v) is 3.20. The molecule has 0 amide bonds. The summed E-state index contributed by atoms with van der Waals surface area (Å²) in [6.45, 7) is 1.63. The van der Waals surface area contributed by atoms with Gasteiger partial charge in [-0.1, -0.05) is 24.3 Å². The monoisotopic (exact) mass is 241 g/mol. The van der Waals surface area contributed by atoms with E-state index in [1.165, 1.54) is 12.1 Å². The molecule has 1 aliphatic heterocycles. The Bertz CT molecular complexity index is 353. The Kier molecular flexibility index (Phi) is 4.07. The molecular formula is C13H17F2NO. The molecule has 1 aromatic rings. The van der Waals surface area contributed by atoms with Crippen molar-refractivity contribution in [2.24, 2.45) is 5.92 Å². The van der Waals surface area contributed by atoms with Crippen LogP contribution in [-0.4, -0.2) is 20.2 Å². The van der Waals surface area contributed by atoms with Gasteiger partial charge in [-0.25, -0.2) is 8.78 Å². The van der Waals surface area contributed by atoms with Crippen molar-refractivity contribution >= 4 is 0 Å². The fraction of sp³-hybridized carbons (Fsp3) is 0.538. The summed E-state index contributed by atoms with van der Waals surface area (Å²) in [5.41, 5.74) is 1.06. The lowest BCUT2D eigenvalue weighted by Crippen LogP contribution is -2.21. The van der Waals surface area contributed by atoms with Crippen molar-refractivity contribution in [3.63, 3.8) is 0 Å². The highest BCUT2D eigenvalue weighted by Crippen LogP contribution is 2.34. The van der Waals surface area contributed by atoms with Crippen LogP contribution in [0, 0.1) is 5.92 Å². The highest BCUT2D eigenvalue weighted by atomic mass is 19.3. The summed E-state index contributed by atoms with van der Waals surface area (Å²) in [5.74, 6) is 0.428. The zero-order valence-corrected chi connectivity index (χ0v) is 9.83. The minimum absolute atomic E-state index is 0.0363. The van der Waals surface area contributed by atoms with Crippen molar-refractivity contribution in [1.82, 2.24) is 5.32 Å². The molecule has 2 nitrogen and oxygen atoms in total. The van der Waals surface area contributed by atoms with Gasteiger partial charge in [-0.05, 0) is 19.0 Å². The number of alkyl halides is 2. The molecule has 1 fully saturated rings. The molecule has 0 spiro atoms. The number of rotatable bonds is 4. The van der Waals surface area contributed by atoms with Crippen molar-refractivity contribution in [2.45, 2.75) is 19.0 Å². The fourth-order valence-corrected chi connectivity index (χ4v) is 2.30. The first-order chi connectivity index (χ1) is 8.22. The van der Waals surface area contributed by atoms with Crippen LogP contribution in [0.1, 0.15) is 30.1 Å². The van der Waals surface area contributed by atoms with Gasteiger partial charge in [-0.2, -0.15) is 0 Å². The molecule has 1 N–H and O–H groups in total. The molecule has 2 atom stereocenters. The highest BCUT2D eigenvalue weighted by molar-refractivity contribution is 5.26. The molecule has 0 saturated carbocycles. The lowest BCUT2D eigenvalue weighted by molar-refractivity contribution is 0.0908. The predicted octanol–water partition coefficient (Wildman–Crippen LogP) is 2.92.